The molecule has 0 saturated heterocycles. The highest BCUT2D eigenvalue weighted by molar-refractivity contribution is 5.98. The minimum atomic E-state index is -0.692. The van der Waals surface area contributed by atoms with Crippen molar-refractivity contribution in [3.63, 3.8) is 0 Å². The molecule has 19 heavy (non-hydrogen) atoms. The summed E-state index contributed by atoms with van der Waals surface area (Å²) in [7, 11) is 1.67. The van der Waals surface area contributed by atoms with Gasteiger partial charge in [-0.05, 0) is 37.5 Å². The summed E-state index contributed by atoms with van der Waals surface area (Å²) in [6, 6.07) is 7.71. The number of carbonyl (C=O) groups excluding carboxylic acids is 1. The van der Waals surface area contributed by atoms with Gasteiger partial charge in [-0.2, -0.15) is 0 Å². The van der Waals surface area contributed by atoms with E-state index in [0.717, 1.165) is 36.9 Å². The van der Waals surface area contributed by atoms with Crippen LogP contribution in [0.1, 0.15) is 44.3 Å². The fourth-order valence-electron chi connectivity index (χ4n) is 2.49. The lowest BCUT2D eigenvalue weighted by atomic mass is 9.98. The molecule has 1 aromatic carbocycles. The van der Waals surface area contributed by atoms with Crippen molar-refractivity contribution in [3.05, 3.63) is 29.8 Å². The van der Waals surface area contributed by atoms with Crippen molar-refractivity contribution < 1.29 is 9.53 Å². The maximum absolute atomic E-state index is 12.2. The topological polar surface area (TPSA) is 64.3 Å². The lowest BCUT2D eigenvalue weighted by Gasteiger charge is -2.22. The third-order valence-electron chi connectivity index (χ3n) is 3.92. The second-order valence-corrected chi connectivity index (χ2v) is 5.32. The molecule has 1 aliphatic carbocycles. The molecule has 4 heteroatoms. The van der Waals surface area contributed by atoms with Crippen molar-refractivity contribution in [2.75, 3.05) is 12.4 Å². The largest absolute Gasteiger partial charge is 0.377 e. The lowest BCUT2D eigenvalue weighted by molar-refractivity contribution is -0.121. The van der Waals surface area contributed by atoms with Crippen LogP contribution in [0.15, 0.2) is 24.3 Å². The molecule has 0 spiro atoms. The monoisotopic (exact) mass is 262 g/mol. The van der Waals surface area contributed by atoms with E-state index in [0.29, 0.717) is 0 Å². The van der Waals surface area contributed by atoms with Crippen molar-refractivity contribution in [2.24, 2.45) is 5.73 Å². The van der Waals surface area contributed by atoms with Gasteiger partial charge in [0, 0.05) is 12.8 Å². The molecule has 2 rings (SSSR count). The van der Waals surface area contributed by atoms with Gasteiger partial charge < -0.3 is 15.8 Å². The summed E-state index contributed by atoms with van der Waals surface area (Å²) in [5, 5.41) is 2.92. The summed E-state index contributed by atoms with van der Waals surface area (Å²) >= 11 is 0. The first kappa shape index (κ1) is 14.0. The number of hydrogen-bond donors (Lipinski definition) is 2. The van der Waals surface area contributed by atoms with Gasteiger partial charge in [-0.25, -0.2) is 0 Å². The van der Waals surface area contributed by atoms with Crippen LogP contribution in [-0.2, 0) is 9.53 Å². The second-order valence-electron chi connectivity index (χ2n) is 5.32. The maximum Gasteiger partial charge on any atom is 0.244 e. The highest BCUT2D eigenvalue weighted by Crippen LogP contribution is 2.29. The Morgan fingerprint density at radius 3 is 2.74 bits per heavy atom. The van der Waals surface area contributed by atoms with Crippen LogP contribution in [-0.4, -0.2) is 18.6 Å². The SMILES string of the molecule is COC(C)c1cccc(NC(=O)C2(N)CCCC2)c1. The minimum Gasteiger partial charge on any atom is -0.377 e. The number of amides is 1. The number of hydrogen-bond acceptors (Lipinski definition) is 3. The summed E-state index contributed by atoms with van der Waals surface area (Å²) in [5.74, 6) is -0.0766. The van der Waals surface area contributed by atoms with Crippen molar-refractivity contribution in [1.29, 1.82) is 0 Å². The van der Waals surface area contributed by atoms with E-state index in [1.807, 2.05) is 31.2 Å². The fourth-order valence-corrected chi connectivity index (χ4v) is 2.49. The molecule has 1 aliphatic rings. The van der Waals surface area contributed by atoms with E-state index in [1.54, 1.807) is 7.11 Å². The number of nitrogens with one attached hydrogen (secondary N) is 1. The smallest absolute Gasteiger partial charge is 0.244 e. The normalized spacial score (nSPS) is 19.1. The maximum atomic E-state index is 12.2. The molecule has 0 aliphatic heterocycles. The van der Waals surface area contributed by atoms with Gasteiger partial charge in [-0.3, -0.25) is 4.79 Å². The Morgan fingerprint density at radius 2 is 2.11 bits per heavy atom. The van der Waals surface area contributed by atoms with Gasteiger partial charge in [-0.1, -0.05) is 25.0 Å². The van der Waals surface area contributed by atoms with E-state index >= 15 is 0 Å². The highest BCUT2D eigenvalue weighted by Gasteiger charge is 2.36. The standard InChI is InChI=1S/C15H22N2O2/c1-11(19-2)12-6-5-7-13(10-12)17-14(18)15(16)8-3-4-9-15/h5-7,10-11H,3-4,8-9,16H2,1-2H3,(H,17,18). The molecule has 104 valence electrons. The molecular weight excluding hydrogens is 240 g/mol. The molecule has 1 aromatic rings. The van der Waals surface area contributed by atoms with E-state index in [4.69, 9.17) is 10.5 Å². The first-order chi connectivity index (χ1) is 9.05. The zero-order valence-corrected chi connectivity index (χ0v) is 11.6. The number of methoxy groups -OCH3 is 1. The van der Waals surface area contributed by atoms with Gasteiger partial charge in [0.15, 0.2) is 0 Å². The Morgan fingerprint density at radius 1 is 1.42 bits per heavy atom. The molecule has 1 fully saturated rings. The van der Waals surface area contributed by atoms with Crippen LogP contribution in [0.3, 0.4) is 0 Å². The van der Waals surface area contributed by atoms with Crippen LogP contribution >= 0.6 is 0 Å². The number of carbonyl (C=O) groups is 1. The van der Waals surface area contributed by atoms with Gasteiger partial charge in [0.2, 0.25) is 5.91 Å². The third kappa shape index (κ3) is 3.14. The molecule has 1 amide bonds. The molecule has 1 atom stereocenters. The second kappa shape index (κ2) is 5.72. The molecule has 0 heterocycles. The summed E-state index contributed by atoms with van der Waals surface area (Å²) in [4.78, 5) is 12.2. The molecule has 0 bridgehead atoms. The first-order valence-corrected chi connectivity index (χ1v) is 6.78. The molecular formula is C15H22N2O2. The van der Waals surface area contributed by atoms with Gasteiger partial charge in [0.25, 0.3) is 0 Å². The number of anilines is 1. The zero-order valence-electron chi connectivity index (χ0n) is 11.6. The Balaban J connectivity index is 2.08. The molecule has 1 unspecified atom stereocenters. The molecule has 0 radical (unpaired) electrons. The Labute approximate surface area is 114 Å². The number of benzene rings is 1. The van der Waals surface area contributed by atoms with Crippen molar-refractivity contribution >= 4 is 11.6 Å². The van der Waals surface area contributed by atoms with Crippen LogP contribution < -0.4 is 11.1 Å². The predicted octanol–water partition coefficient (Wildman–Crippen LogP) is 2.60. The Kier molecular flexibility index (Phi) is 4.22. The summed E-state index contributed by atoms with van der Waals surface area (Å²) in [5.41, 5.74) is 7.27. The van der Waals surface area contributed by atoms with Gasteiger partial charge in [-0.15, -0.1) is 0 Å². The summed E-state index contributed by atoms with van der Waals surface area (Å²) in [6.45, 7) is 1.97. The van der Waals surface area contributed by atoms with Crippen molar-refractivity contribution in [2.45, 2.75) is 44.2 Å². The molecule has 4 nitrogen and oxygen atoms in total. The Hall–Kier alpha value is -1.39. The molecule has 3 N–H and O–H groups in total. The number of rotatable bonds is 4. The minimum absolute atomic E-state index is 0.00942. The number of nitrogens with two attached hydrogens (primary N) is 1. The predicted molar refractivity (Wildman–Crippen MR) is 75.9 cm³/mol. The van der Waals surface area contributed by atoms with Gasteiger partial charge in [0.05, 0.1) is 11.6 Å². The highest BCUT2D eigenvalue weighted by atomic mass is 16.5. The van der Waals surface area contributed by atoms with Gasteiger partial charge in [0.1, 0.15) is 0 Å². The quantitative estimate of drug-likeness (QED) is 0.876. The fraction of sp³-hybridized carbons (Fsp3) is 0.533. The summed E-state index contributed by atoms with van der Waals surface area (Å²) in [6.07, 6.45) is 3.62. The van der Waals surface area contributed by atoms with E-state index in [1.165, 1.54) is 0 Å². The van der Waals surface area contributed by atoms with E-state index < -0.39 is 5.54 Å². The number of ether oxygens (including phenoxy) is 1. The van der Waals surface area contributed by atoms with E-state index in [-0.39, 0.29) is 12.0 Å². The lowest BCUT2D eigenvalue weighted by Crippen LogP contribution is -2.48. The van der Waals surface area contributed by atoms with Crippen LogP contribution in [0, 0.1) is 0 Å². The third-order valence-corrected chi connectivity index (χ3v) is 3.92. The first-order valence-electron chi connectivity index (χ1n) is 6.78. The molecule has 1 saturated carbocycles. The van der Waals surface area contributed by atoms with Gasteiger partial charge >= 0.3 is 0 Å². The average molecular weight is 262 g/mol. The Bertz CT molecular complexity index is 453. The van der Waals surface area contributed by atoms with Crippen molar-refractivity contribution in [3.8, 4) is 0 Å². The average Bonchev–Trinajstić information content (AvgIpc) is 2.86. The van der Waals surface area contributed by atoms with Crippen molar-refractivity contribution in [1.82, 2.24) is 0 Å². The van der Waals surface area contributed by atoms with E-state index in [9.17, 15) is 4.79 Å². The summed E-state index contributed by atoms with van der Waals surface area (Å²) < 4.78 is 5.28. The van der Waals surface area contributed by atoms with E-state index in [2.05, 4.69) is 5.32 Å². The van der Waals surface area contributed by atoms with Crippen LogP contribution in [0.2, 0.25) is 0 Å². The molecule has 0 aromatic heterocycles. The van der Waals surface area contributed by atoms with Crippen LogP contribution in [0.4, 0.5) is 5.69 Å². The van der Waals surface area contributed by atoms with Crippen LogP contribution in [0.25, 0.3) is 0 Å². The van der Waals surface area contributed by atoms with Crippen LogP contribution in [0.5, 0.6) is 0 Å². The zero-order chi connectivity index (χ0) is 13.9.